The monoisotopic (exact) mass is 242 g/mol. The third-order valence-corrected chi connectivity index (χ3v) is 2.13. The Kier molecular flexibility index (Phi) is 6.57. The van der Waals surface area contributed by atoms with Crippen molar-refractivity contribution >= 4 is 6.08 Å². The van der Waals surface area contributed by atoms with Crippen molar-refractivity contribution in [1.82, 2.24) is 0 Å². The number of azide groups is 1. The first-order valence-corrected chi connectivity index (χ1v) is 5.64. The van der Waals surface area contributed by atoms with Crippen LogP contribution in [0.25, 0.3) is 16.5 Å². The van der Waals surface area contributed by atoms with Gasteiger partial charge in [0.15, 0.2) is 0 Å². The van der Waals surface area contributed by atoms with Crippen molar-refractivity contribution in [3.05, 3.63) is 46.3 Å². The van der Waals surface area contributed by atoms with Gasteiger partial charge < -0.3 is 4.74 Å². The summed E-state index contributed by atoms with van der Waals surface area (Å²) in [5, 5.41) is 11.8. The van der Waals surface area contributed by atoms with E-state index in [2.05, 4.69) is 10.0 Å². The van der Waals surface area contributed by atoms with Gasteiger partial charge in [-0.1, -0.05) is 29.4 Å². The molecular formula is C13H14N4O. The summed E-state index contributed by atoms with van der Waals surface area (Å²) >= 11 is 0. The van der Waals surface area contributed by atoms with Crippen LogP contribution in [0.3, 0.4) is 0 Å². The summed E-state index contributed by atoms with van der Waals surface area (Å²) in [5.41, 5.74) is 9.16. The molecule has 0 unspecified atom stereocenters. The van der Waals surface area contributed by atoms with Crippen molar-refractivity contribution in [2.75, 3.05) is 13.2 Å². The van der Waals surface area contributed by atoms with E-state index < -0.39 is 0 Å². The van der Waals surface area contributed by atoms with Gasteiger partial charge >= 0.3 is 0 Å². The first-order valence-electron chi connectivity index (χ1n) is 5.64. The molecule has 0 aromatic heterocycles. The van der Waals surface area contributed by atoms with E-state index in [9.17, 15) is 0 Å². The highest BCUT2D eigenvalue weighted by atomic mass is 16.5. The minimum Gasteiger partial charge on any atom is -0.493 e. The molecule has 0 spiro atoms. The Balaban J connectivity index is 2.40. The summed E-state index contributed by atoms with van der Waals surface area (Å²) < 4.78 is 5.36. The van der Waals surface area contributed by atoms with Crippen LogP contribution < -0.4 is 4.74 Å². The van der Waals surface area contributed by atoms with Crippen molar-refractivity contribution in [1.29, 1.82) is 5.26 Å². The lowest BCUT2D eigenvalue weighted by Gasteiger charge is -2.03. The Morgan fingerprint density at radius 2 is 2.17 bits per heavy atom. The quantitative estimate of drug-likeness (QED) is 0.316. The van der Waals surface area contributed by atoms with E-state index in [1.54, 1.807) is 0 Å². The lowest BCUT2D eigenvalue weighted by Crippen LogP contribution is -1.95. The summed E-state index contributed by atoms with van der Waals surface area (Å²) in [4.78, 5) is 2.68. The van der Waals surface area contributed by atoms with Gasteiger partial charge in [0.1, 0.15) is 12.4 Å². The lowest BCUT2D eigenvalue weighted by atomic mass is 10.2. The summed E-state index contributed by atoms with van der Waals surface area (Å²) in [6.07, 6.45) is 5.04. The van der Waals surface area contributed by atoms with Gasteiger partial charge in [0.25, 0.3) is 0 Å². The van der Waals surface area contributed by atoms with Gasteiger partial charge in [-0.3, -0.25) is 0 Å². The van der Waals surface area contributed by atoms with Gasteiger partial charge in [0, 0.05) is 11.5 Å². The highest BCUT2D eigenvalue weighted by molar-refractivity contribution is 5.50. The second kappa shape index (κ2) is 8.68. The molecule has 0 aliphatic rings. The van der Waals surface area contributed by atoms with Crippen molar-refractivity contribution in [2.24, 2.45) is 5.11 Å². The van der Waals surface area contributed by atoms with Crippen LogP contribution in [0.4, 0.5) is 0 Å². The standard InChI is InChI=1S/C13H14N4O/c14-9-3-11-18-13-7-5-12(6-8-13)4-1-2-10-16-17-15/h1,4-8H,2-3,10-11H2. The number of hydrogen-bond acceptors (Lipinski definition) is 3. The smallest absolute Gasteiger partial charge is 0.119 e. The molecule has 92 valence electrons. The third-order valence-electron chi connectivity index (χ3n) is 2.13. The van der Waals surface area contributed by atoms with Crippen LogP contribution in [0.2, 0.25) is 0 Å². The van der Waals surface area contributed by atoms with Crippen LogP contribution >= 0.6 is 0 Å². The molecule has 0 N–H and O–H groups in total. The number of nitrogens with zero attached hydrogens (tertiary/aromatic N) is 4. The number of ether oxygens (including phenoxy) is 1. The van der Waals surface area contributed by atoms with E-state index in [0.29, 0.717) is 19.6 Å². The van der Waals surface area contributed by atoms with Crippen molar-refractivity contribution in [2.45, 2.75) is 12.8 Å². The predicted molar refractivity (Wildman–Crippen MR) is 69.8 cm³/mol. The van der Waals surface area contributed by atoms with Crippen LogP contribution in [0.15, 0.2) is 35.5 Å². The van der Waals surface area contributed by atoms with E-state index >= 15 is 0 Å². The third kappa shape index (κ3) is 5.59. The fraction of sp³-hybridized carbons (Fsp3) is 0.308. The first kappa shape index (κ1) is 13.6. The highest BCUT2D eigenvalue weighted by Gasteiger charge is 1.92. The Labute approximate surface area is 106 Å². The molecule has 18 heavy (non-hydrogen) atoms. The molecule has 0 heterocycles. The first-order chi connectivity index (χ1) is 8.86. The zero-order valence-electron chi connectivity index (χ0n) is 9.99. The summed E-state index contributed by atoms with van der Waals surface area (Å²) in [6, 6.07) is 9.63. The Bertz CT molecular complexity index is 467. The van der Waals surface area contributed by atoms with Crippen molar-refractivity contribution < 1.29 is 4.74 Å². The molecule has 0 atom stereocenters. The Hall–Kier alpha value is -2.44. The number of rotatable bonds is 7. The number of hydrogen-bond donors (Lipinski definition) is 0. The fourth-order valence-corrected chi connectivity index (χ4v) is 1.29. The molecule has 0 fully saturated rings. The van der Waals surface area contributed by atoms with E-state index in [4.69, 9.17) is 15.5 Å². The van der Waals surface area contributed by atoms with Crippen LogP contribution in [0.1, 0.15) is 18.4 Å². The van der Waals surface area contributed by atoms with Crippen LogP contribution in [-0.4, -0.2) is 13.2 Å². The second-order valence-corrected chi connectivity index (χ2v) is 3.47. The second-order valence-electron chi connectivity index (χ2n) is 3.47. The molecule has 0 amide bonds. The molecule has 5 heteroatoms. The van der Waals surface area contributed by atoms with Gasteiger partial charge in [-0.05, 0) is 29.6 Å². The average Bonchev–Trinajstić information content (AvgIpc) is 2.40. The minimum absolute atomic E-state index is 0.390. The maximum Gasteiger partial charge on any atom is 0.119 e. The van der Waals surface area contributed by atoms with E-state index in [0.717, 1.165) is 17.7 Å². The number of benzene rings is 1. The van der Waals surface area contributed by atoms with E-state index in [1.807, 2.05) is 42.5 Å². The molecule has 1 aromatic rings. The zero-order valence-corrected chi connectivity index (χ0v) is 9.99. The largest absolute Gasteiger partial charge is 0.493 e. The minimum atomic E-state index is 0.390. The maximum absolute atomic E-state index is 8.38. The highest BCUT2D eigenvalue weighted by Crippen LogP contribution is 2.13. The summed E-state index contributed by atoms with van der Waals surface area (Å²) in [7, 11) is 0. The molecular weight excluding hydrogens is 228 g/mol. The van der Waals surface area contributed by atoms with Crippen LogP contribution in [-0.2, 0) is 0 Å². The predicted octanol–water partition coefficient (Wildman–Crippen LogP) is 3.69. The molecule has 1 aromatic carbocycles. The van der Waals surface area contributed by atoms with Gasteiger partial charge in [0.2, 0.25) is 0 Å². The zero-order chi connectivity index (χ0) is 13.1. The van der Waals surface area contributed by atoms with Gasteiger partial charge in [-0.2, -0.15) is 5.26 Å². The van der Waals surface area contributed by atoms with E-state index in [1.165, 1.54) is 0 Å². The fourth-order valence-electron chi connectivity index (χ4n) is 1.29. The molecule has 5 nitrogen and oxygen atoms in total. The SMILES string of the molecule is N#CCCOc1ccc(C=CCCN=[N+]=[N-])cc1. The molecule has 0 saturated carbocycles. The molecule has 0 aliphatic carbocycles. The van der Waals surface area contributed by atoms with Gasteiger partial charge in [0.05, 0.1) is 12.5 Å². The van der Waals surface area contributed by atoms with E-state index in [-0.39, 0.29) is 0 Å². The summed E-state index contributed by atoms with van der Waals surface area (Å²) in [5.74, 6) is 0.761. The maximum atomic E-state index is 8.38. The molecule has 0 aliphatic heterocycles. The topological polar surface area (TPSA) is 81.8 Å². The van der Waals surface area contributed by atoms with Gasteiger partial charge in [-0.25, -0.2) is 0 Å². The normalized spacial score (nSPS) is 9.72. The van der Waals surface area contributed by atoms with Gasteiger partial charge in [-0.15, -0.1) is 0 Å². The summed E-state index contributed by atoms with van der Waals surface area (Å²) in [6.45, 7) is 0.889. The molecule has 0 bridgehead atoms. The Morgan fingerprint density at radius 3 is 2.83 bits per heavy atom. The lowest BCUT2D eigenvalue weighted by molar-refractivity contribution is 0.326. The molecule has 0 radical (unpaired) electrons. The van der Waals surface area contributed by atoms with Crippen molar-refractivity contribution in [3.8, 4) is 11.8 Å². The average molecular weight is 242 g/mol. The molecule has 0 saturated heterocycles. The van der Waals surface area contributed by atoms with Crippen LogP contribution in [0, 0.1) is 11.3 Å². The van der Waals surface area contributed by atoms with Crippen LogP contribution in [0.5, 0.6) is 5.75 Å². The Morgan fingerprint density at radius 1 is 1.39 bits per heavy atom. The number of nitriles is 1. The molecule has 1 rings (SSSR count). The van der Waals surface area contributed by atoms with Crippen molar-refractivity contribution in [3.63, 3.8) is 0 Å².